The minimum atomic E-state index is -4.11. The van der Waals surface area contributed by atoms with Gasteiger partial charge in [0.05, 0.1) is 17.1 Å². The molecule has 0 saturated heterocycles. The van der Waals surface area contributed by atoms with Crippen molar-refractivity contribution in [3.05, 3.63) is 59.2 Å². The maximum Gasteiger partial charge on any atom is 0.335 e. The molecule has 0 atom stereocenters. The average molecular weight is 363 g/mol. The Balaban J connectivity index is 2.59. The summed E-state index contributed by atoms with van der Waals surface area (Å²) in [5, 5.41) is 14.6. The maximum absolute atomic E-state index is 12.0. The standard InChI is InChI=1S/C18H21NO5S/c1-2-3-9-24-16-11-14(18(20)21)12-17(25(19,22)23)15(16)10-13-7-5-4-6-8-13/h4-8,11-12H,2-3,9-10H2,1H3,(H,20,21)(H2,19,22,23). The number of unbranched alkanes of at least 4 members (excludes halogenated alkanes) is 1. The molecule has 0 spiro atoms. The van der Waals surface area contributed by atoms with E-state index in [9.17, 15) is 18.3 Å². The van der Waals surface area contributed by atoms with Gasteiger partial charge in [-0.1, -0.05) is 43.7 Å². The van der Waals surface area contributed by atoms with E-state index in [1.165, 1.54) is 6.07 Å². The van der Waals surface area contributed by atoms with Gasteiger partial charge in [-0.05, 0) is 24.1 Å². The van der Waals surface area contributed by atoms with Crippen LogP contribution in [0.15, 0.2) is 47.4 Å². The second-order valence-electron chi connectivity index (χ2n) is 5.67. The van der Waals surface area contributed by atoms with Gasteiger partial charge in [-0.2, -0.15) is 0 Å². The van der Waals surface area contributed by atoms with Crippen molar-refractivity contribution in [3.63, 3.8) is 0 Å². The lowest BCUT2D eigenvalue weighted by molar-refractivity contribution is 0.0696. The number of carboxylic acids is 1. The molecule has 7 heteroatoms. The largest absolute Gasteiger partial charge is 0.493 e. The van der Waals surface area contributed by atoms with Crippen molar-refractivity contribution in [2.24, 2.45) is 5.14 Å². The zero-order valence-electron chi connectivity index (χ0n) is 13.9. The minimum Gasteiger partial charge on any atom is -0.493 e. The molecule has 134 valence electrons. The third-order valence-corrected chi connectivity index (χ3v) is 4.68. The molecule has 0 aliphatic heterocycles. The molecule has 0 heterocycles. The molecule has 0 aliphatic rings. The summed E-state index contributed by atoms with van der Waals surface area (Å²) in [5.74, 6) is -1.00. The third-order valence-electron chi connectivity index (χ3n) is 3.70. The summed E-state index contributed by atoms with van der Waals surface area (Å²) in [5.41, 5.74) is 1.07. The topological polar surface area (TPSA) is 107 Å². The zero-order valence-corrected chi connectivity index (χ0v) is 14.8. The molecule has 0 aromatic heterocycles. The Hall–Kier alpha value is -2.38. The van der Waals surface area contributed by atoms with Crippen LogP contribution in [0.4, 0.5) is 0 Å². The molecular formula is C18H21NO5S. The molecule has 2 rings (SSSR count). The summed E-state index contributed by atoms with van der Waals surface area (Å²) in [6.45, 7) is 2.36. The van der Waals surface area contributed by atoms with Gasteiger partial charge in [-0.3, -0.25) is 0 Å². The van der Waals surface area contributed by atoms with Crippen molar-refractivity contribution in [2.75, 3.05) is 6.61 Å². The van der Waals surface area contributed by atoms with Crippen LogP contribution in [-0.2, 0) is 16.4 Å². The number of ether oxygens (including phenoxy) is 1. The average Bonchev–Trinajstić information content (AvgIpc) is 2.56. The number of primary sulfonamides is 1. The maximum atomic E-state index is 12.0. The molecule has 0 saturated carbocycles. The van der Waals surface area contributed by atoms with Crippen LogP contribution in [-0.4, -0.2) is 26.1 Å². The SMILES string of the molecule is CCCCOc1cc(C(=O)O)cc(S(N)(=O)=O)c1Cc1ccccc1. The van der Waals surface area contributed by atoms with Crippen LogP contribution < -0.4 is 9.88 Å². The summed E-state index contributed by atoms with van der Waals surface area (Å²) in [6, 6.07) is 11.7. The van der Waals surface area contributed by atoms with E-state index in [-0.39, 0.29) is 22.6 Å². The van der Waals surface area contributed by atoms with Crippen molar-refractivity contribution in [2.45, 2.75) is 31.1 Å². The lowest BCUT2D eigenvalue weighted by Gasteiger charge is -2.16. The summed E-state index contributed by atoms with van der Waals surface area (Å²) in [6.07, 6.45) is 1.94. The van der Waals surface area contributed by atoms with Crippen LogP contribution in [0.2, 0.25) is 0 Å². The third kappa shape index (κ3) is 5.04. The van der Waals surface area contributed by atoms with Crippen LogP contribution in [0.3, 0.4) is 0 Å². The number of rotatable bonds is 8. The minimum absolute atomic E-state index is 0.174. The number of benzene rings is 2. The highest BCUT2D eigenvalue weighted by Crippen LogP contribution is 2.30. The molecule has 0 bridgehead atoms. The normalized spacial score (nSPS) is 11.3. The fourth-order valence-corrected chi connectivity index (χ4v) is 3.23. The van der Waals surface area contributed by atoms with E-state index in [0.717, 1.165) is 24.5 Å². The van der Waals surface area contributed by atoms with Gasteiger partial charge in [0.25, 0.3) is 0 Å². The van der Waals surface area contributed by atoms with Crippen molar-refractivity contribution >= 4 is 16.0 Å². The molecule has 2 aromatic carbocycles. The lowest BCUT2D eigenvalue weighted by atomic mass is 10.0. The smallest absolute Gasteiger partial charge is 0.335 e. The summed E-state index contributed by atoms with van der Waals surface area (Å²) < 4.78 is 29.8. The molecule has 2 aromatic rings. The first-order valence-corrected chi connectivity index (χ1v) is 9.47. The second kappa shape index (κ2) is 8.13. The summed E-state index contributed by atoms with van der Waals surface area (Å²) in [4.78, 5) is 11.1. The Labute approximate surface area is 147 Å². The van der Waals surface area contributed by atoms with Crippen LogP contribution in [0.25, 0.3) is 0 Å². The first-order chi connectivity index (χ1) is 11.8. The Morgan fingerprint density at radius 1 is 1.20 bits per heavy atom. The Kier molecular flexibility index (Phi) is 6.17. The fourth-order valence-electron chi connectivity index (χ4n) is 2.43. The van der Waals surface area contributed by atoms with Gasteiger partial charge >= 0.3 is 5.97 Å². The van der Waals surface area contributed by atoms with E-state index in [4.69, 9.17) is 9.88 Å². The van der Waals surface area contributed by atoms with Gasteiger partial charge in [0.2, 0.25) is 10.0 Å². The molecule has 0 unspecified atom stereocenters. The number of sulfonamides is 1. The zero-order chi connectivity index (χ0) is 18.4. The van der Waals surface area contributed by atoms with Crippen LogP contribution in [0, 0.1) is 0 Å². The Morgan fingerprint density at radius 3 is 2.44 bits per heavy atom. The van der Waals surface area contributed by atoms with Crippen molar-refractivity contribution in [1.82, 2.24) is 0 Å². The predicted octanol–water partition coefficient (Wildman–Crippen LogP) is 2.80. The molecule has 0 fully saturated rings. The Morgan fingerprint density at radius 2 is 1.88 bits per heavy atom. The van der Waals surface area contributed by atoms with Gasteiger partial charge in [-0.25, -0.2) is 18.4 Å². The van der Waals surface area contributed by atoms with E-state index in [1.807, 2.05) is 37.3 Å². The fraction of sp³-hybridized carbons (Fsp3) is 0.278. The Bertz CT molecular complexity index is 847. The predicted molar refractivity (Wildman–Crippen MR) is 94.4 cm³/mol. The molecule has 0 amide bonds. The first-order valence-electron chi connectivity index (χ1n) is 7.92. The molecule has 25 heavy (non-hydrogen) atoms. The number of nitrogens with two attached hydrogens (primary N) is 1. The number of hydrogen-bond donors (Lipinski definition) is 2. The van der Waals surface area contributed by atoms with Gasteiger partial charge in [-0.15, -0.1) is 0 Å². The second-order valence-corrected chi connectivity index (χ2v) is 7.20. The summed E-state index contributed by atoms with van der Waals surface area (Å²) in [7, 11) is -4.11. The van der Waals surface area contributed by atoms with Crippen LogP contribution in [0.1, 0.15) is 41.3 Å². The lowest BCUT2D eigenvalue weighted by Crippen LogP contribution is -2.17. The number of aromatic carboxylic acids is 1. The monoisotopic (exact) mass is 363 g/mol. The van der Waals surface area contributed by atoms with Gasteiger partial charge in [0.1, 0.15) is 5.75 Å². The molecule has 3 N–H and O–H groups in total. The van der Waals surface area contributed by atoms with E-state index in [1.54, 1.807) is 0 Å². The highest BCUT2D eigenvalue weighted by Gasteiger charge is 2.22. The van der Waals surface area contributed by atoms with Gasteiger partial charge in [0.15, 0.2) is 0 Å². The molecule has 6 nitrogen and oxygen atoms in total. The number of carboxylic acid groups (broad SMARTS) is 1. The van der Waals surface area contributed by atoms with Crippen molar-refractivity contribution in [3.8, 4) is 5.75 Å². The highest BCUT2D eigenvalue weighted by molar-refractivity contribution is 7.89. The summed E-state index contributed by atoms with van der Waals surface area (Å²) >= 11 is 0. The van der Waals surface area contributed by atoms with Gasteiger partial charge < -0.3 is 9.84 Å². The van der Waals surface area contributed by atoms with E-state index in [0.29, 0.717) is 12.2 Å². The van der Waals surface area contributed by atoms with Crippen LogP contribution >= 0.6 is 0 Å². The van der Waals surface area contributed by atoms with Crippen molar-refractivity contribution < 1.29 is 23.1 Å². The molecule has 0 aliphatic carbocycles. The van der Waals surface area contributed by atoms with E-state index < -0.39 is 16.0 Å². The van der Waals surface area contributed by atoms with Gasteiger partial charge in [0, 0.05) is 12.0 Å². The number of hydrogen-bond acceptors (Lipinski definition) is 4. The highest BCUT2D eigenvalue weighted by atomic mass is 32.2. The first kappa shape index (κ1) is 19.0. The molecule has 0 radical (unpaired) electrons. The number of carbonyl (C=O) groups is 1. The molecular weight excluding hydrogens is 342 g/mol. The van der Waals surface area contributed by atoms with E-state index in [2.05, 4.69) is 0 Å². The van der Waals surface area contributed by atoms with Crippen LogP contribution in [0.5, 0.6) is 5.75 Å². The quantitative estimate of drug-likeness (QED) is 0.701. The van der Waals surface area contributed by atoms with E-state index >= 15 is 0 Å². The van der Waals surface area contributed by atoms with Crippen molar-refractivity contribution in [1.29, 1.82) is 0 Å².